The lowest BCUT2D eigenvalue weighted by Gasteiger charge is -2.05. The summed E-state index contributed by atoms with van der Waals surface area (Å²) < 4.78 is 0. The molecular weight excluding hydrogens is 246 g/mol. The summed E-state index contributed by atoms with van der Waals surface area (Å²) in [5.41, 5.74) is 8.27. The Morgan fingerprint density at radius 3 is 2.94 bits per heavy atom. The molecule has 0 saturated heterocycles. The number of benzene rings is 1. The Bertz CT molecular complexity index is 513. The van der Waals surface area contributed by atoms with E-state index in [0.717, 1.165) is 0 Å². The highest BCUT2D eigenvalue weighted by Gasteiger charge is 2.08. The molecule has 1 amide bonds. The highest BCUT2D eigenvalue weighted by Crippen LogP contribution is 2.22. The lowest BCUT2D eigenvalue weighted by atomic mass is 10.3. The van der Waals surface area contributed by atoms with E-state index in [4.69, 9.17) is 17.3 Å². The van der Waals surface area contributed by atoms with Gasteiger partial charge in [-0.05, 0) is 18.2 Å². The first-order valence-corrected chi connectivity index (χ1v) is 5.67. The Balaban J connectivity index is 2.15. The Morgan fingerprint density at radius 2 is 2.31 bits per heavy atom. The zero-order valence-electron chi connectivity index (χ0n) is 8.11. The third-order valence-corrected chi connectivity index (χ3v) is 3.03. The van der Waals surface area contributed by atoms with Crippen LogP contribution in [0.4, 0.5) is 11.4 Å². The summed E-state index contributed by atoms with van der Waals surface area (Å²) in [5, 5.41) is 3.17. The number of nitrogen functional groups attached to an aromatic ring is 1. The number of carbonyl (C=O) groups is 1. The minimum absolute atomic E-state index is 0.204. The molecule has 0 spiro atoms. The molecule has 1 heterocycles. The minimum Gasteiger partial charge on any atom is -0.397 e. The molecule has 16 heavy (non-hydrogen) atoms. The maximum atomic E-state index is 11.7. The van der Waals surface area contributed by atoms with E-state index in [-0.39, 0.29) is 5.91 Å². The largest absolute Gasteiger partial charge is 0.397 e. The molecule has 0 atom stereocenters. The Labute approximate surface area is 101 Å². The quantitative estimate of drug-likeness (QED) is 0.809. The molecule has 4 nitrogen and oxygen atoms in total. The van der Waals surface area contributed by atoms with Gasteiger partial charge in [0.25, 0.3) is 5.91 Å². The second-order valence-corrected chi connectivity index (χ2v) is 4.35. The Morgan fingerprint density at radius 1 is 1.50 bits per heavy atom. The van der Waals surface area contributed by atoms with E-state index in [1.807, 2.05) is 0 Å². The molecule has 0 bridgehead atoms. The van der Waals surface area contributed by atoms with E-state index < -0.39 is 0 Å². The molecule has 0 saturated carbocycles. The van der Waals surface area contributed by atoms with E-state index in [2.05, 4.69) is 10.3 Å². The van der Waals surface area contributed by atoms with Gasteiger partial charge in [-0.1, -0.05) is 11.6 Å². The first-order valence-electron chi connectivity index (χ1n) is 4.41. The van der Waals surface area contributed by atoms with E-state index in [1.54, 1.807) is 23.7 Å². The van der Waals surface area contributed by atoms with E-state index in [1.165, 1.54) is 17.5 Å². The van der Waals surface area contributed by atoms with Crippen LogP contribution in [-0.4, -0.2) is 10.9 Å². The Kier molecular flexibility index (Phi) is 3.07. The average molecular weight is 254 g/mol. The molecule has 1 aromatic heterocycles. The first-order chi connectivity index (χ1) is 7.66. The van der Waals surface area contributed by atoms with Gasteiger partial charge in [-0.2, -0.15) is 0 Å². The number of thiazole rings is 1. The van der Waals surface area contributed by atoms with Gasteiger partial charge >= 0.3 is 0 Å². The summed E-state index contributed by atoms with van der Waals surface area (Å²) in [6.07, 6.45) is 1.51. The highest BCUT2D eigenvalue weighted by atomic mass is 35.5. The lowest BCUT2D eigenvalue weighted by Crippen LogP contribution is -2.10. The predicted octanol–water partition coefficient (Wildman–Crippen LogP) is 2.63. The summed E-state index contributed by atoms with van der Waals surface area (Å²) in [6, 6.07) is 4.94. The van der Waals surface area contributed by atoms with E-state index in [9.17, 15) is 4.79 Å². The number of nitrogens with two attached hydrogens (primary N) is 1. The van der Waals surface area contributed by atoms with Crippen LogP contribution in [0, 0.1) is 0 Å². The monoisotopic (exact) mass is 253 g/mol. The molecule has 0 aliphatic carbocycles. The fraction of sp³-hybridized carbons (Fsp3) is 0. The second kappa shape index (κ2) is 4.51. The maximum Gasteiger partial charge on any atom is 0.267 e. The van der Waals surface area contributed by atoms with Crippen LogP contribution in [0.1, 0.15) is 9.67 Å². The van der Waals surface area contributed by atoms with Gasteiger partial charge in [0.15, 0.2) is 0 Å². The van der Waals surface area contributed by atoms with Crippen molar-refractivity contribution in [1.29, 1.82) is 0 Å². The van der Waals surface area contributed by atoms with Crippen molar-refractivity contribution < 1.29 is 4.79 Å². The summed E-state index contributed by atoms with van der Waals surface area (Å²) in [4.78, 5) is 16.0. The van der Waals surface area contributed by atoms with Gasteiger partial charge in [-0.15, -0.1) is 11.3 Å². The van der Waals surface area contributed by atoms with Crippen LogP contribution in [0.2, 0.25) is 5.02 Å². The number of anilines is 2. The van der Waals surface area contributed by atoms with Crippen molar-refractivity contribution in [3.05, 3.63) is 39.8 Å². The number of aromatic nitrogens is 1. The highest BCUT2D eigenvalue weighted by molar-refractivity contribution is 7.11. The van der Waals surface area contributed by atoms with Crippen molar-refractivity contribution in [1.82, 2.24) is 4.98 Å². The third-order valence-electron chi connectivity index (χ3n) is 1.91. The van der Waals surface area contributed by atoms with Gasteiger partial charge in [-0.25, -0.2) is 0 Å². The molecule has 0 aliphatic rings. The fourth-order valence-electron chi connectivity index (χ4n) is 1.14. The van der Waals surface area contributed by atoms with Crippen molar-refractivity contribution in [3.63, 3.8) is 0 Å². The van der Waals surface area contributed by atoms with Gasteiger partial charge < -0.3 is 11.1 Å². The normalized spacial score (nSPS) is 10.1. The first kappa shape index (κ1) is 10.9. The number of nitrogens with zero attached hydrogens (tertiary/aromatic N) is 1. The number of hydrogen-bond acceptors (Lipinski definition) is 4. The number of nitrogens with one attached hydrogen (secondary N) is 1. The molecule has 0 fully saturated rings. The number of amides is 1. The molecule has 0 radical (unpaired) electrons. The van der Waals surface area contributed by atoms with E-state index in [0.29, 0.717) is 21.3 Å². The summed E-state index contributed by atoms with van der Waals surface area (Å²) in [6.45, 7) is 0. The standard InChI is InChI=1S/C10H8ClN3OS/c11-7-2-1-6(3-8(7)12)14-10(15)9-4-13-5-16-9/h1-5H,12H2,(H,14,15). The average Bonchev–Trinajstić information content (AvgIpc) is 2.77. The molecule has 1 aromatic carbocycles. The third kappa shape index (κ3) is 2.32. The lowest BCUT2D eigenvalue weighted by molar-refractivity contribution is 0.103. The molecule has 0 unspecified atom stereocenters. The van der Waals surface area contributed by atoms with Gasteiger partial charge in [0.2, 0.25) is 0 Å². The molecule has 2 rings (SSSR count). The van der Waals surface area contributed by atoms with Crippen molar-refractivity contribution in [2.24, 2.45) is 0 Å². The van der Waals surface area contributed by atoms with Gasteiger partial charge in [0.05, 0.1) is 22.4 Å². The summed E-state index contributed by atoms with van der Waals surface area (Å²) in [5.74, 6) is -0.204. The second-order valence-electron chi connectivity index (χ2n) is 3.06. The van der Waals surface area contributed by atoms with Crippen LogP contribution < -0.4 is 11.1 Å². The van der Waals surface area contributed by atoms with Crippen LogP contribution in [0.5, 0.6) is 0 Å². The smallest absolute Gasteiger partial charge is 0.267 e. The number of hydrogen-bond donors (Lipinski definition) is 2. The molecule has 2 aromatic rings. The van der Waals surface area contributed by atoms with Crippen molar-refractivity contribution in [2.45, 2.75) is 0 Å². The van der Waals surface area contributed by atoms with Gasteiger partial charge in [-0.3, -0.25) is 9.78 Å². The zero-order chi connectivity index (χ0) is 11.5. The SMILES string of the molecule is Nc1cc(NC(=O)c2cncs2)ccc1Cl. The topological polar surface area (TPSA) is 68.0 Å². The van der Waals surface area contributed by atoms with Gasteiger partial charge in [0, 0.05) is 5.69 Å². The summed E-state index contributed by atoms with van der Waals surface area (Å²) in [7, 11) is 0. The molecule has 6 heteroatoms. The molecule has 82 valence electrons. The predicted molar refractivity (Wildman–Crippen MR) is 65.9 cm³/mol. The van der Waals surface area contributed by atoms with Crippen molar-refractivity contribution in [3.8, 4) is 0 Å². The fourth-order valence-corrected chi connectivity index (χ4v) is 1.77. The Hall–Kier alpha value is -1.59. The van der Waals surface area contributed by atoms with Crippen LogP contribution in [0.25, 0.3) is 0 Å². The van der Waals surface area contributed by atoms with Crippen LogP contribution in [0.3, 0.4) is 0 Å². The van der Waals surface area contributed by atoms with Crippen molar-refractivity contribution in [2.75, 3.05) is 11.1 Å². The molecule has 0 aliphatic heterocycles. The molecular formula is C10H8ClN3OS. The number of carbonyl (C=O) groups excluding carboxylic acids is 1. The number of halogens is 1. The minimum atomic E-state index is -0.204. The molecule has 3 N–H and O–H groups in total. The van der Waals surface area contributed by atoms with E-state index >= 15 is 0 Å². The van der Waals surface area contributed by atoms with Crippen LogP contribution in [0.15, 0.2) is 29.9 Å². The van der Waals surface area contributed by atoms with Crippen LogP contribution in [-0.2, 0) is 0 Å². The van der Waals surface area contributed by atoms with Crippen LogP contribution >= 0.6 is 22.9 Å². The van der Waals surface area contributed by atoms with Gasteiger partial charge in [0.1, 0.15) is 4.88 Å². The zero-order valence-corrected chi connectivity index (χ0v) is 9.68. The number of rotatable bonds is 2. The summed E-state index contributed by atoms with van der Waals surface area (Å²) >= 11 is 7.05. The van der Waals surface area contributed by atoms with Crippen molar-refractivity contribution >= 4 is 40.2 Å². The maximum absolute atomic E-state index is 11.7.